The van der Waals surface area contributed by atoms with Crippen molar-refractivity contribution >= 4 is 0 Å². The fraction of sp³-hybridized carbons (Fsp3) is 1.00. The molecule has 0 aliphatic heterocycles. The number of hydrogen-bond donors (Lipinski definition) is 0. The van der Waals surface area contributed by atoms with Crippen LogP contribution in [0.4, 0.5) is 167 Å². The SMILES string of the molecule is FC(F)(F)C(F)(F)C(F)(OC(F)(C(F)(F)C(F)(F)F)C(F)(F)C(F)(F)C(F)(F)C(F)(C(F)(F)F)C(F)(F)F)C(F)(F)C(F)(F)C(F)(F)C(F)(C(F)(F)F)C(F)(F)F. The summed E-state index contributed by atoms with van der Waals surface area (Å²) in [5.41, 5.74) is -19.7. The Morgan fingerprint density at radius 1 is 0.158 bits per heavy atom. The fourth-order valence-corrected chi connectivity index (χ4v) is 3.47. The van der Waals surface area contributed by atoms with Gasteiger partial charge in [-0.1, -0.05) is 0 Å². The molecule has 344 valence electrons. The Balaban J connectivity index is 9.28. The van der Waals surface area contributed by atoms with E-state index in [9.17, 15) is 158 Å². The summed E-state index contributed by atoms with van der Waals surface area (Å²) in [6.07, 6.45) is -55.8. The molecule has 0 bridgehead atoms. The normalized spacial score (nSPS) is 19.1. The third kappa shape index (κ3) is 6.46. The van der Waals surface area contributed by atoms with Gasteiger partial charge in [0.15, 0.2) is 0 Å². The summed E-state index contributed by atoms with van der Waals surface area (Å²) in [4.78, 5) is 0. The first-order chi connectivity index (χ1) is 23.7. The summed E-state index contributed by atoms with van der Waals surface area (Å²) in [5.74, 6) is -106. The molecule has 0 aromatic rings. The lowest BCUT2D eigenvalue weighted by molar-refractivity contribution is -0.552. The van der Waals surface area contributed by atoms with Gasteiger partial charge in [-0.05, 0) is 0 Å². The Morgan fingerprint density at radius 3 is 0.439 bits per heavy atom. The predicted octanol–water partition coefficient (Wildman–Crippen LogP) is 12.2. The zero-order chi connectivity index (χ0) is 47.7. The molecular weight excluding hydrogens is 954 g/mol. The Kier molecular flexibility index (Phi) is 12.3. The molecule has 2 unspecified atom stereocenters. The van der Waals surface area contributed by atoms with Crippen LogP contribution in [-0.2, 0) is 4.74 Å². The van der Waals surface area contributed by atoms with Crippen molar-refractivity contribution in [1.29, 1.82) is 0 Å². The first-order valence-corrected chi connectivity index (χ1v) is 11.6. The number of halogens is 38. The highest BCUT2D eigenvalue weighted by atomic mass is 19.5. The van der Waals surface area contributed by atoms with Crippen LogP contribution in [0.15, 0.2) is 0 Å². The zero-order valence-electron chi connectivity index (χ0n) is 23.8. The van der Waals surface area contributed by atoms with Gasteiger partial charge in [-0.15, -0.1) is 0 Å². The molecule has 39 heteroatoms. The molecule has 0 spiro atoms. The molecule has 2 atom stereocenters. The maximum atomic E-state index is 15.0. The van der Waals surface area contributed by atoms with Crippen molar-refractivity contribution in [3.8, 4) is 0 Å². The Labute approximate surface area is 280 Å². The topological polar surface area (TPSA) is 9.23 Å². The van der Waals surface area contributed by atoms with E-state index < -0.39 is 107 Å². The zero-order valence-corrected chi connectivity index (χ0v) is 23.8. The van der Waals surface area contributed by atoms with E-state index in [0.717, 1.165) is 0 Å². The first kappa shape index (κ1) is 54.3. The molecule has 0 saturated heterocycles. The van der Waals surface area contributed by atoms with Gasteiger partial charge in [0.2, 0.25) is 0 Å². The van der Waals surface area contributed by atoms with Crippen LogP contribution in [0.1, 0.15) is 0 Å². The van der Waals surface area contributed by atoms with E-state index in [-0.39, 0.29) is 4.74 Å². The maximum absolute atomic E-state index is 15.0. The van der Waals surface area contributed by atoms with Crippen molar-refractivity contribution in [3.05, 3.63) is 0 Å². The van der Waals surface area contributed by atoms with Crippen molar-refractivity contribution in [2.45, 2.75) is 107 Å². The smallest absolute Gasteiger partial charge is 0.288 e. The fourth-order valence-electron chi connectivity index (χ4n) is 3.47. The van der Waals surface area contributed by atoms with Gasteiger partial charge in [-0.2, -0.15) is 158 Å². The average molecular weight is 954 g/mol. The molecule has 0 amide bonds. The first-order valence-electron chi connectivity index (χ1n) is 11.6. The molecule has 0 rings (SSSR count). The van der Waals surface area contributed by atoms with Gasteiger partial charge in [0.25, 0.3) is 0 Å². The summed E-state index contributed by atoms with van der Waals surface area (Å²) in [7, 11) is 0. The van der Waals surface area contributed by atoms with Crippen LogP contribution in [0.3, 0.4) is 0 Å². The highest BCUT2D eigenvalue weighted by Gasteiger charge is 3.03. The van der Waals surface area contributed by atoms with E-state index in [0.29, 0.717) is 0 Å². The van der Waals surface area contributed by atoms with Gasteiger partial charge >= 0.3 is 107 Å². The third-order valence-corrected chi connectivity index (χ3v) is 6.61. The molecule has 0 aliphatic rings. The third-order valence-electron chi connectivity index (χ3n) is 6.61. The minimum Gasteiger partial charge on any atom is -0.288 e. The second-order valence-corrected chi connectivity index (χ2v) is 10.2. The standard InChI is InChI=1S/C18F38O/c19-1(13(39,40)41,14(42,43)44)3(21,22)5(25,26)7(29,30)11(37,9(33,34)17(51,52)53)57-12(38,10(35,36)18(54,55)56)8(31,32)6(27,28)4(23,24)2(20,15(45,46)47)16(48,49)50. The largest absolute Gasteiger partial charge is 0.459 e. The Hall–Kier alpha value is -2.70. The van der Waals surface area contributed by atoms with Gasteiger partial charge in [0.05, 0.1) is 0 Å². The minimum absolute atomic E-state index is 0.0988. The molecule has 1 nitrogen and oxygen atoms in total. The molecule has 0 N–H and O–H groups in total. The highest BCUT2D eigenvalue weighted by Crippen LogP contribution is 2.71. The van der Waals surface area contributed by atoms with Crippen LogP contribution in [0.25, 0.3) is 0 Å². The van der Waals surface area contributed by atoms with Crippen LogP contribution in [0.2, 0.25) is 0 Å². The van der Waals surface area contributed by atoms with E-state index in [1.807, 2.05) is 0 Å². The van der Waals surface area contributed by atoms with Gasteiger partial charge in [-0.25, -0.2) is 8.78 Å². The van der Waals surface area contributed by atoms with Crippen LogP contribution in [0.5, 0.6) is 0 Å². The predicted molar refractivity (Wildman–Crippen MR) is 92.3 cm³/mol. The molecule has 0 radical (unpaired) electrons. The second kappa shape index (κ2) is 12.9. The Bertz CT molecular complexity index is 1300. The lowest BCUT2D eigenvalue weighted by Gasteiger charge is -2.51. The van der Waals surface area contributed by atoms with E-state index >= 15 is 8.78 Å². The number of ether oxygens (including phenoxy) is 1. The van der Waals surface area contributed by atoms with Crippen LogP contribution >= 0.6 is 0 Å². The monoisotopic (exact) mass is 954 g/mol. The molecule has 57 heavy (non-hydrogen) atoms. The number of rotatable bonds is 12. The summed E-state index contributed by atoms with van der Waals surface area (Å²) in [5, 5.41) is 0. The molecule has 0 saturated carbocycles. The highest BCUT2D eigenvalue weighted by molar-refractivity contribution is 5.23. The summed E-state index contributed by atoms with van der Waals surface area (Å²) < 4.78 is 512. The summed E-state index contributed by atoms with van der Waals surface area (Å²) >= 11 is 0. The van der Waals surface area contributed by atoms with Crippen molar-refractivity contribution in [2.75, 3.05) is 0 Å². The van der Waals surface area contributed by atoms with E-state index in [1.165, 1.54) is 0 Å². The van der Waals surface area contributed by atoms with Crippen molar-refractivity contribution in [1.82, 2.24) is 0 Å². The summed E-state index contributed by atoms with van der Waals surface area (Å²) in [6, 6.07) is 0. The summed E-state index contributed by atoms with van der Waals surface area (Å²) in [6.45, 7) is 0. The van der Waals surface area contributed by atoms with Gasteiger partial charge < -0.3 is 0 Å². The molecule has 0 aliphatic carbocycles. The van der Waals surface area contributed by atoms with Crippen molar-refractivity contribution < 1.29 is 172 Å². The lowest BCUT2D eigenvalue weighted by atomic mass is 9.82. The number of hydrogen-bond acceptors (Lipinski definition) is 1. The van der Waals surface area contributed by atoms with Crippen molar-refractivity contribution in [3.63, 3.8) is 0 Å². The Morgan fingerprint density at radius 2 is 0.316 bits per heavy atom. The van der Waals surface area contributed by atoms with E-state index in [2.05, 4.69) is 0 Å². The minimum atomic E-state index is -11.0. The van der Waals surface area contributed by atoms with E-state index in [4.69, 9.17) is 0 Å². The maximum Gasteiger partial charge on any atom is 0.459 e. The number of alkyl halides is 38. The molecule has 0 heterocycles. The van der Waals surface area contributed by atoms with Gasteiger partial charge in [0, 0.05) is 0 Å². The quantitative estimate of drug-likeness (QED) is 0.177. The van der Waals surface area contributed by atoms with Crippen LogP contribution < -0.4 is 0 Å². The van der Waals surface area contributed by atoms with Gasteiger partial charge in [-0.3, -0.25) is 4.74 Å². The van der Waals surface area contributed by atoms with E-state index in [1.54, 1.807) is 0 Å². The molecular formula is C18F38O. The van der Waals surface area contributed by atoms with Gasteiger partial charge in [0.1, 0.15) is 0 Å². The molecule has 0 aromatic heterocycles. The van der Waals surface area contributed by atoms with Crippen LogP contribution in [-0.4, -0.2) is 107 Å². The van der Waals surface area contributed by atoms with Crippen molar-refractivity contribution in [2.24, 2.45) is 0 Å². The average Bonchev–Trinajstić information content (AvgIpc) is 2.91. The molecule has 0 fully saturated rings. The van der Waals surface area contributed by atoms with Crippen LogP contribution in [0, 0.1) is 0 Å². The lowest BCUT2D eigenvalue weighted by Crippen LogP contribution is -2.83. The second-order valence-electron chi connectivity index (χ2n) is 10.2. The molecule has 0 aromatic carbocycles.